The number of hydrogen-bond donors (Lipinski definition) is 2. The number of carbonyl (C=O) groups is 1. The lowest BCUT2D eigenvalue weighted by Crippen LogP contribution is -2.40. The summed E-state index contributed by atoms with van der Waals surface area (Å²) in [6.07, 6.45) is 2.04. The minimum absolute atomic E-state index is 0.0317. The Morgan fingerprint density at radius 2 is 2.04 bits per heavy atom. The van der Waals surface area contributed by atoms with Gasteiger partial charge in [0.2, 0.25) is 0 Å². The van der Waals surface area contributed by atoms with Gasteiger partial charge in [0.05, 0.1) is 12.1 Å². The normalized spacial score (nSPS) is 20.6. The third-order valence-corrected chi connectivity index (χ3v) is 4.55. The molecule has 1 aliphatic rings. The number of hydrogen-bond acceptors (Lipinski definition) is 3. The first-order chi connectivity index (χ1) is 11.9. The molecule has 2 heterocycles. The van der Waals surface area contributed by atoms with Crippen molar-refractivity contribution in [2.24, 2.45) is 0 Å². The monoisotopic (exact) mass is 347 g/mol. The van der Waals surface area contributed by atoms with Gasteiger partial charge < -0.3 is 10.3 Å². The second-order valence-corrected chi connectivity index (χ2v) is 6.36. The number of rotatable bonds is 3. The maximum absolute atomic E-state index is 13.6. The zero-order chi connectivity index (χ0) is 18.1. The van der Waals surface area contributed by atoms with Gasteiger partial charge in [-0.05, 0) is 38.1 Å². The minimum Gasteiger partial charge on any atom is -0.364 e. The summed E-state index contributed by atoms with van der Waals surface area (Å²) < 4.78 is 26.8. The highest BCUT2D eigenvalue weighted by Gasteiger charge is 2.34. The highest BCUT2D eigenvalue weighted by molar-refractivity contribution is 5.94. The summed E-state index contributed by atoms with van der Waals surface area (Å²) in [5.74, 6) is -2.30. The molecule has 1 aliphatic heterocycles. The summed E-state index contributed by atoms with van der Waals surface area (Å²) in [6.45, 7) is 2.42. The number of pyridine rings is 1. The van der Waals surface area contributed by atoms with Gasteiger partial charge in [-0.25, -0.2) is 8.78 Å². The number of likely N-dealkylation sites (tertiary alicyclic amines) is 1. The van der Waals surface area contributed by atoms with Crippen molar-refractivity contribution in [3.05, 3.63) is 69.1 Å². The molecule has 0 unspecified atom stereocenters. The quantitative estimate of drug-likeness (QED) is 0.894. The first-order valence-corrected chi connectivity index (χ1v) is 8.02. The fraction of sp³-hybridized carbons (Fsp3) is 0.333. The van der Waals surface area contributed by atoms with Gasteiger partial charge >= 0.3 is 0 Å². The van der Waals surface area contributed by atoms with Crippen molar-refractivity contribution < 1.29 is 13.6 Å². The molecular weight excluding hydrogens is 328 g/mol. The average molecular weight is 347 g/mol. The number of benzene rings is 1. The minimum atomic E-state index is -0.919. The summed E-state index contributed by atoms with van der Waals surface area (Å²) in [7, 11) is 1.86. The molecule has 2 atom stereocenters. The van der Waals surface area contributed by atoms with Crippen molar-refractivity contribution in [1.82, 2.24) is 15.2 Å². The highest BCUT2D eigenvalue weighted by Crippen LogP contribution is 2.31. The number of carbonyl (C=O) groups excluding carboxylic acids is 1. The van der Waals surface area contributed by atoms with Gasteiger partial charge in [0.15, 0.2) is 17.1 Å². The van der Waals surface area contributed by atoms with Gasteiger partial charge in [-0.1, -0.05) is 6.07 Å². The van der Waals surface area contributed by atoms with E-state index in [0.29, 0.717) is 24.2 Å². The lowest BCUT2D eigenvalue weighted by atomic mass is 9.99. The predicted molar refractivity (Wildman–Crippen MR) is 89.4 cm³/mol. The summed E-state index contributed by atoms with van der Waals surface area (Å²) in [4.78, 5) is 29.2. The van der Waals surface area contributed by atoms with E-state index in [1.807, 2.05) is 11.9 Å². The molecule has 0 aliphatic carbocycles. The van der Waals surface area contributed by atoms with Crippen LogP contribution in [0, 0.1) is 18.6 Å². The van der Waals surface area contributed by atoms with Crippen LogP contribution in [0.3, 0.4) is 0 Å². The van der Waals surface area contributed by atoms with Crippen LogP contribution in [0.1, 0.15) is 34.1 Å². The van der Waals surface area contributed by atoms with E-state index < -0.39 is 17.5 Å². The molecule has 1 saturated heterocycles. The highest BCUT2D eigenvalue weighted by atomic mass is 19.2. The Labute approximate surface area is 143 Å². The molecule has 2 aromatic rings. The Bertz CT molecular complexity index is 866. The van der Waals surface area contributed by atoms with Crippen LogP contribution in [0.4, 0.5) is 8.78 Å². The van der Waals surface area contributed by atoms with Crippen molar-refractivity contribution in [2.75, 3.05) is 13.6 Å². The van der Waals surface area contributed by atoms with Crippen molar-refractivity contribution in [1.29, 1.82) is 0 Å². The average Bonchev–Trinajstić information content (AvgIpc) is 2.90. The standard InChI is InChI=1S/C18H19F2N3O2/c1-10-7-16(24)12(9-21-10)18(25)22-15-5-6-23(2)17(15)11-3-4-13(19)14(20)8-11/h3-4,7-9,15,17H,5-6H2,1-2H3,(H,21,24)(H,22,25)/t15-,17-/m1/s1. The van der Waals surface area contributed by atoms with Crippen LogP contribution in [0.2, 0.25) is 0 Å². The Morgan fingerprint density at radius 3 is 2.72 bits per heavy atom. The summed E-state index contributed by atoms with van der Waals surface area (Å²) >= 11 is 0. The second-order valence-electron chi connectivity index (χ2n) is 6.36. The van der Waals surface area contributed by atoms with E-state index >= 15 is 0 Å². The van der Waals surface area contributed by atoms with Crippen molar-refractivity contribution in [3.8, 4) is 0 Å². The van der Waals surface area contributed by atoms with Crippen LogP contribution in [0.5, 0.6) is 0 Å². The van der Waals surface area contributed by atoms with Gasteiger partial charge in [0.1, 0.15) is 5.56 Å². The van der Waals surface area contributed by atoms with Crippen molar-refractivity contribution in [3.63, 3.8) is 0 Å². The van der Waals surface area contributed by atoms with Crippen LogP contribution in [0.15, 0.2) is 35.3 Å². The molecule has 1 fully saturated rings. The number of likely N-dealkylation sites (N-methyl/N-ethyl adjacent to an activating group) is 1. The topological polar surface area (TPSA) is 65.2 Å². The Hall–Kier alpha value is -2.54. The van der Waals surface area contributed by atoms with E-state index in [1.54, 1.807) is 6.92 Å². The van der Waals surface area contributed by atoms with Gasteiger partial charge in [0, 0.05) is 24.5 Å². The van der Waals surface area contributed by atoms with E-state index in [0.717, 1.165) is 12.1 Å². The number of nitrogens with zero attached hydrogens (tertiary/aromatic N) is 1. The molecule has 25 heavy (non-hydrogen) atoms. The second kappa shape index (κ2) is 6.76. The molecule has 2 N–H and O–H groups in total. The molecule has 1 amide bonds. The number of amides is 1. The Morgan fingerprint density at radius 1 is 1.28 bits per heavy atom. The number of aromatic amines is 1. The number of nitrogens with one attached hydrogen (secondary N) is 2. The molecule has 0 saturated carbocycles. The number of aromatic nitrogens is 1. The van der Waals surface area contributed by atoms with E-state index in [1.165, 1.54) is 18.3 Å². The third kappa shape index (κ3) is 3.46. The molecule has 0 radical (unpaired) electrons. The fourth-order valence-electron chi connectivity index (χ4n) is 3.28. The van der Waals surface area contributed by atoms with E-state index in [-0.39, 0.29) is 23.1 Å². The molecule has 0 bridgehead atoms. The zero-order valence-corrected chi connectivity index (χ0v) is 14.0. The SMILES string of the molecule is Cc1cc(=O)c(C(=O)N[C@@H]2CCN(C)[C@@H]2c2ccc(F)c(F)c2)c[nH]1. The van der Waals surface area contributed by atoms with Crippen molar-refractivity contribution >= 4 is 5.91 Å². The number of H-pyrrole nitrogens is 1. The fourth-order valence-corrected chi connectivity index (χ4v) is 3.28. The lowest BCUT2D eigenvalue weighted by Gasteiger charge is -2.26. The first kappa shape index (κ1) is 17.3. The molecule has 5 nitrogen and oxygen atoms in total. The smallest absolute Gasteiger partial charge is 0.257 e. The van der Waals surface area contributed by atoms with E-state index in [2.05, 4.69) is 10.3 Å². The predicted octanol–water partition coefficient (Wildman–Crippen LogP) is 2.14. The molecule has 3 rings (SSSR count). The molecule has 1 aromatic carbocycles. The van der Waals surface area contributed by atoms with Crippen molar-refractivity contribution in [2.45, 2.75) is 25.4 Å². The van der Waals surface area contributed by atoms with Gasteiger partial charge in [-0.15, -0.1) is 0 Å². The Balaban J connectivity index is 1.84. The van der Waals surface area contributed by atoms with Crippen LogP contribution in [-0.2, 0) is 0 Å². The summed E-state index contributed by atoms with van der Waals surface area (Å²) in [6, 6.07) is 4.53. The van der Waals surface area contributed by atoms with Gasteiger partial charge in [-0.2, -0.15) is 0 Å². The van der Waals surface area contributed by atoms with Crippen LogP contribution in [-0.4, -0.2) is 35.4 Å². The molecule has 1 aromatic heterocycles. The summed E-state index contributed by atoms with van der Waals surface area (Å²) in [5.41, 5.74) is 0.928. The van der Waals surface area contributed by atoms with E-state index in [9.17, 15) is 18.4 Å². The largest absolute Gasteiger partial charge is 0.364 e. The first-order valence-electron chi connectivity index (χ1n) is 8.02. The lowest BCUT2D eigenvalue weighted by molar-refractivity contribution is 0.0926. The molecule has 0 spiro atoms. The molecule has 132 valence electrons. The van der Waals surface area contributed by atoms with Crippen LogP contribution >= 0.6 is 0 Å². The molecular formula is C18H19F2N3O2. The Kier molecular flexibility index (Phi) is 4.67. The van der Waals surface area contributed by atoms with Crippen LogP contribution in [0.25, 0.3) is 0 Å². The molecule has 7 heteroatoms. The number of halogens is 2. The van der Waals surface area contributed by atoms with Crippen LogP contribution < -0.4 is 10.7 Å². The maximum Gasteiger partial charge on any atom is 0.257 e. The third-order valence-electron chi connectivity index (χ3n) is 4.55. The zero-order valence-electron chi connectivity index (χ0n) is 14.0. The number of aryl methyl sites for hydroxylation is 1. The maximum atomic E-state index is 13.6. The van der Waals surface area contributed by atoms with Gasteiger partial charge in [0.25, 0.3) is 5.91 Å². The van der Waals surface area contributed by atoms with E-state index in [4.69, 9.17) is 0 Å². The summed E-state index contributed by atoms with van der Waals surface area (Å²) in [5, 5.41) is 2.85. The van der Waals surface area contributed by atoms with Gasteiger partial charge in [-0.3, -0.25) is 14.5 Å².